The summed E-state index contributed by atoms with van der Waals surface area (Å²) in [6.07, 6.45) is 4.56. The van der Waals surface area contributed by atoms with Crippen LogP contribution in [0, 0.1) is 5.92 Å². The molecule has 1 aromatic rings. The zero-order chi connectivity index (χ0) is 16.1. The van der Waals surface area contributed by atoms with E-state index in [1.807, 2.05) is 0 Å². The molecule has 1 aliphatic carbocycles. The second-order valence-corrected chi connectivity index (χ2v) is 6.36. The molecule has 0 saturated heterocycles. The van der Waals surface area contributed by atoms with Gasteiger partial charge in [-0.2, -0.15) is 0 Å². The van der Waals surface area contributed by atoms with Crippen LogP contribution >= 0.6 is 11.6 Å². The van der Waals surface area contributed by atoms with E-state index in [0.29, 0.717) is 22.3 Å². The summed E-state index contributed by atoms with van der Waals surface area (Å²) < 4.78 is 5.50. The Labute approximate surface area is 136 Å². The van der Waals surface area contributed by atoms with E-state index in [0.717, 1.165) is 19.3 Å². The Hall–Kier alpha value is -1.55. The van der Waals surface area contributed by atoms with Crippen LogP contribution in [0.2, 0.25) is 5.02 Å². The smallest absolute Gasteiger partial charge is 0.258 e. The number of hydrogen-bond acceptors (Lipinski definition) is 3. The molecule has 1 fully saturated rings. The number of nitrogens with one attached hydrogen (secondary N) is 1. The lowest BCUT2D eigenvalue weighted by atomic mass is 9.86. The molecular weight excluding hydrogens is 302 g/mol. The van der Waals surface area contributed by atoms with Crippen LogP contribution in [-0.4, -0.2) is 24.3 Å². The van der Waals surface area contributed by atoms with Gasteiger partial charge in [-0.1, -0.05) is 31.4 Å². The van der Waals surface area contributed by atoms with E-state index < -0.39 is 0 Å². The van der Waals surface area contributed by atoms with Gasteiger partial charge in [0, 0.05) is 11.1 Å². The Kier molecular flexibility index (Phi) is 5.83. The molecule has 0 aliphatic heterocycles. The first-order chi connectivity index (χ1) is 10.5. The maximum absolute atomic E-state index is 12.0. The Morgan fingerprint density at radius 2 is 2.05 bits per heavy atom. The Morgan fingerprint density at radius 3 is 2.73 bits per heavy atom. The number of hydrogen-bond donors (Lipinski definition) is 1. The average Bonchev–Trinajstić information content (AvgIpc) is 2.48. The molecule has 2 rings (SSSR count). The molecule has 0 bridgehead atoms. The van der Waals surface area contributed by atoms with E-state index in [-0.39, 0.29) is 24.3 Å². The van der Waals surface area contributed by atoms with Crippen LogP contribution < -0.4 is 10.1 Å². The van der Waals surface area contributed by atoms with Gasteiger partial charge in [-0.05, 0) is 43.9 Å². The van der Waals surface area contributed by atoms with Gasteiger partial charge < -0.3 is 10.1 Å². The highest BCUT2D eigenvalue weighted by atomic mass is 35.5. The molecule has 5 heteroatoms. The molecular formula is C17H22ClNO3. The van der Waals surface area contributed by atoms with Crippen molar-refractivity contribution in [3.63, 3.8) is 0 Å². The maximum atomic E-state index is 12.0. The summed E-state index contributed by atoms with van der Waals surface area (Å²) in [6, 6.07) is 5.04. The molecule has 0 radical (unpaired) electrons. The zero-order valence-corrected chi connectivity index (χ0v) is 13.8. The second-order valence-electron chi connectivity index (χ2n) is 5.92. The highest BCUT2D eigenvalue weighted by molar-refractivity contribution is 6.31. The molecule has 0 aromatic heterocycles. The number of carbonyl (C=O) groups excluding carboxylic acids is 2. The maximum Gasteiger partial charge on any atom is 0.258 e. The Bertz CT molecular complexity index is 559. The number of carbonyl (C=O) groups is 2. The minimum atomic E-state index is -0.150. The third-order valence-corrected chi connectivity index (χ3v) is 4.37. The molecule has 1 saturated carbocycles. The van der Waals surface area contributed by atoms with E-state index in [1.165, 1.54) is 13.3 Å². The van der Waals surface area contributed by atoms with Crippen molar-refractivity contribution in [2.24, 2.45) is 5.92 Å². The lowest BCUT2D eigenvalue weighted by molar-refractivity contribution is -0.124. The molecule has 0 heterocycles. The SMILES string of the molecule is CC(=O)c1cc(Cl)ccc1OCC(=O)N[C@@H]1CCCC[C@@H]1C. The molecule has 120 valence electrons. The molecule has 1 aliphatic rings. The van der Waals surface area contributed by atoms with Crippen LogP contribution in [0.3, 0.4) is 0 Å². The summed E-state index contributed by atoms with van der Waals surface area (Å²) in [4.78, 5) is 23.6. The molecule has 1 N–H and O–H groups in total. The van der Waals surface area contributed by atoms with Crippen LogP contribution in [0.4, 0.5) is 0 Å². The van der Waals surface area contributed by atoms with Gasteiger partial charge in [-0.25, -0.2) is 0 Å². The highest BCUT2D eigenvalue weighted by Gasteiger charge is 2.23. The number of Topliss-reactive ketones (excluding diaryl/α,β-unsaturated/α-hetero) is 1. The minimum absolute atomic E-state index is 0.0921. The van der Waals surface area contributed by atoms with Crippen molar-refractivity contribution in [2.45, 2.75) is 45.6 Å². The lowest BCUT2D eigenvalue weighted by Crippen LogP contribution is -2.43. The fourth-order valence-corrected chi connectivity index (χ4v) is 3.00. The van der Waals surface area contributed by atoms with Gasteiger partial charge in [-0.3, -0.25) is 9.59 Å². The fraction of sp³-hybridized carbons (Fsp3) is 0.529. The summed E-state index contributed by atoms with van der Waals surface area (Å²) >= 11 is 5.88. The number of ether oxygens (including phenoxy) is 1. The first kappa shape index (κ1) is 16.8. The molecule has 2 atom stereocenters. The van der Waals surface area contributed by atoms with Crippen LogP contribution in [0.15, 0.2) is 18.2 Å². The highest BCUT2D eigenvalue weighted by Crippen LogP contribution is 2.25. The van der Waals surface area contributed by atoms with Crippen molar-refractivity contribution < 1.29 is 14.3 Å². The zero-order valence-electron chi connectivity index (χ0n) is 13.0. The van der Waals surface area contributed by atoms with Crippen LogP contribution in [0.1, 0.15) is 49.9 Å². The largest absolute Gasteiger partial charge is 0.483 e. The summed E-state index contributed by atoms with van der Waals surface area (Å²) in [5.74, 6) is 0.603. The number of amides is 1. The van der Waals surface area contributed by atoms with Gasteiger partial charge in [0.2, 0.25) is 0 Å². The molecule has 0 spiro atoms. The molecule has 0 unspecified atom stereocenters. The van der Waals surface area contributed by atoms with E-state index >= 15 is 0 Å². The van der Waals surface area contributed by atoms with Crippen LogP contribution in [-0.2, 0) is 4.79 Å². The predicted molar refractivity (Wildman–Crippen MR) is 86.5 cm³/mol. The standard InChI is InChI=1S/C17H22ClNO3/c1-11-5-3-4-6-15(11)19-17(21)10-22-16-8-7-13(18)9-14(16)12(2)20/h7-9,11,15H,3-6,10H2,1-2H3,(H,19,21)/t11-,15+/m0/s1. The van der Waals surface area contributed by atoms with Crippen molar-refractivity contribution in [3.05, 3.63) is 28.8 Å². The van der Waals surface area contributed by atoms with E-state index in [1.54, 1.807) is 18.2 Å². The van der Waals surface area contributed by atoms with Crippen molar-refractivity contribution in [1.82, 2.24) is 5.32 Å². The number of ketones is 1. The normalized spacial score (nSPS) is 21.2. The van der Waals surface area contributed by atoms with Crippen LogP contribution in [0.25, 0.3) is 0 Å². The van der Waals surface area contributed by atoms with Gasteiger partial charge in [0.15, 0.2) is 12.4 Å². The molecule has 1 amide bonds. The van der Waals surface area contributed by atoms with Crippen molar-refractivity contribution in [2.75, 3.05) is 6.61 Å². The van der Waals surface area contributed by atoms with Gasteiger partial charge in [0.05, 0.1) is 5.56 Å². The monoisotopic (exact) mass is 323 g/mol. The van der Waals surface area contributed by atoms with E-state index in [9.17, 15) is 9.59 Å². The van der Waals surface area contributed by atoms with Gasteiger partial charge in [0.25, 0.3) is 5.91 Å². The summed E-state index contributed by atoms with van der Waals surface area (Å²) in [5, 5.41) is 3.49. The van der Waals surface area contributed by atoms with Crippen LogP contribution in [0.5, 0.6) is 5.75 Å². The lowest BCUT2D eigenvalue weighted by Gasteiger charge is -2.29. The number of halogens is 1. The second kappa shape index (κ2) is 7.63. The van der Waals surface area contributed by atoms with Crippen molar-refractivity contribution in [1.29, 1.82) is 0 Å². The minimum Gasteiger partial charge on any atom is -0.483 e. The first-order valence-electron chi connectivity index (χ1n) is 7.70. The van der Waals surface area contributed by atoms with Gasteiger partial charge in [-0.15, -0.1) is 0 Å². The van der Waals surface area contributed by atoms with Gasteiger partial charge >= 0.3 is 0 Å². The summed E-state index contributed by atoms with van der Waals surface area (Å²) in [5.41, 5.74) is 0.395. The summed E-state index contributed by atoms with van der Waals surface area (Å²) in [6.45, 7) is 3.52. The Balaban J connectivity index is 1.92. The van der Waals surface area contributed by atoms with E-state index in [4.69, 9.17) is 16.3 Å². The topological polar surface area (TPSA) is 55.4 Å². The number of benzene rings is 1. The third kappa shape index (κ3) is 4.47. The molecule has 4 nitrogen and oxygen atoms in total. The van der Waals surface area contributed by atoms with E-state index in [2.05, 4.69) is 12.2 Å². The predicted octanol–water partition coefficient (Wildman–Crippen LogP) is 3.62. The van der Waals surface area contributed by atoms with Crippen molar-refractivity contribution in [3.8, 4) is 5.75 Å². The summed E-state index contributed by atoms with van der Waals surface area (Å²) in [7, 11) is 0. The molecule has 1 aromatic carbocycles. The average molecular weight is 324 g/mol. The Morgan fingerprint density at radius 1 is 1.32 bits per heavy atom. The van der Waals surface area contributed by atoms with Gasteiger partial charge in [0.1, 0.15) is 5.75 Å². The quantitative estimate of drug-likeness (QED) is 0.842. The first-order valence-corrected chi connectivity index (χ1v) is 8.08. The molecule has 22 heavy (non-hydrogen) atoms. The van der Waals surface area contributed by atoms with Crippen molar-refractivity contribution >= 4 is 23.3 Å². The number of rotatable bonds is 5. The fourth-order valence-electron chi connectivity index (χ4n) is 2.83. The third-order valence-electron chi connectivity index (χ3n) is 4.14.